The maximum atomic E-state index is 11.2. The molecule has 0 bridgehead atoms. The first-order chi connectivity index (χ1) is 8.45. The fourth-order valence-electron chi connectivity index (χ4n) is 1.75. The van der Waals surface area contributed by atoms with Gasteiger partial charge in [0.1, 0.15) is 5.70 Å². The van der Waals surface area contributed by atoms with Gasteiger partial charge in [-0.2, -0.15) is 0 Å². The lowest BCUT2D eigenvalue weighted by Crippen LogP contribution is -2.15. The van der Waals surface area contributed by atoms with Gasteiger partial charge >= 0.3 is 5.97 Å². The van der Waals surface area contributed by atoms with E-state index in [1.165, 1.54) is 12.8 Å². The van der Waals surface area contributed by atoms with Gasteiger partial charge in [0.25, 0.3) is 0 Å². The van der Waals surface area contributed by atoms with Gasteiger partial charge in [0.05, 0.1) is 7.11 Å². The molecular weight excluding hydrogens is 228 g/mol. The van der Waals surface area contributed by atoms with E-state index in [9.17, 15) is 4.79 Å². The number of nitrogens with two attached hydrogens (primary N) is 1. The Morgan fingerprint density at radius 2 is 2.11 bits per heavy atom. The van der Waals surface area contributed by atoms with Crippen molar-refractivity contribution in [3.63, 3.8) is 0 Å². The number of methoxy groups -OCH3 is 1. The standard InChI is InChI=1S/C14H20N2O2/c1-10-5-6-11(7-8-13(10)16(2)3)9-12(15)14(17)18-4/h5-10H,15H2,1-4H3/b12-9+/t10-/m1/s1. The quantitative estimate of drug-likeness (QED) is 0.608. The summed E-state index contributed by atoms with van der Waals surface area (Å²) < 4.78 is 4.56. The molecule has 0 radical (unpaired) electrons. The molecule has 0 aromatic rings. The first-order valence-electron chi connectivity index (χ1n) is 5.78. The summed E-state index contributed by atoms with van der Waals surface area (Å²) in [6.45, 7) is 2.12. The second-order valence-electron chi connectivity index (χ2n) is 4.39. The smallest absolute Gasteiger partial charge is 0.353 e. The van der Waals surface area contributed by atoms with Gasteiger partial charge < -0.3 is 15.4 Å². The lowest BCUT2D eigenvalue weighted by Gasteiger charge is -2.20. The van der Waals surface area contributed by atoms with Crippen LogP contribution in [0.1, 0.15) is 6.92 Å². The van der Waals surface area contributed by atoms with Crippen LogP contribution in [0.5, 0.6) is 0 Å². The summed E-state index contributed by atoms with van der Waals surface area (Å²) in [5, 5.41) is 0. The Kier molecular flexibility index (Phi) is 4.77. The van der Waals surface area contributed by atoms with E-state index in [0.29, 0.717) is 5.92 Å². The normalized spacial score (nSPS) is 19.8. The van der Waals surface area contributed by atoms with Crippen LogP contribution in [0.25, 0.3) is 0 Å². The summed E-state index contributed by atoms with van der Waals surface area (Å²) in [5.41, 5.74) is 7.80. The van der Waals surface area contributed by atoms with Crippen LogP contribution in [0, 0.1) is 5.92 Å². The van der Waals surface area contributed by atoms with Crippen molar-refractivity contribution in [2.75, 3.05) is 21.2 Å². The van der Waals surface area contributed by atoms with Gasteiger partial charge in [-0.3, -0.25) is 0 Å². The van der Waals surface area contributed by atoms with Gasteiger partial charge in [0.2, 0.25) is 0 Å². The molecule has 0 aliphatic heterocycles. The Bertz CT molecular complexity index is 443. The predicted molar refractivity (Wildman–Crippen MR) is 72.4 cm³/mol. The van der Waals surface area contributed by atoms with E-state index in [1.807, 2.05) is 32.3 Å². The lowest BCUT2D eigenvalue weighted by molar-refractivity contribution is -0.136. The number of carbonyl (C=O) groups excluding carboxylic acids is 1. The summed E-state index contributed by atoms with van der Waals surface area (Å²) in [5.74, 6) is -0.195. The van der Waals surface area contributed by atoms with E-state index in [4.69, 9.17) is 5.73 Å². The van der Waals surface area contributed by atoms with Crippen molar-refractivity contribution < 1.29 is 9.53 Å². The third-order valence-corrected chi connectivity index (χ3v) is 2.75. The van der Waals surface area contributed by atoms with E-state index >= 15 is 0 Å². The van der Waals surface area contributed by atoms with E-state index in [1.54, 1.807) is 6.08 Å². The van der Waals surface area contributed by atoms with Crippen molar-refractivity contribution in [3.8, 4) is 0 Å². The molecule has 0 aromatic heterocycles. The zero-order chi connectivity index (χ0) is 13.7. The molecule has 2 N–H and O–H groups in total. The first-order valence-corrected chi connectivity index (χ1v) is 5.78. The molecule has 1 atom stereocenters. The van der Waals surface area contributed by atoms with Crippen LogP contribution in [0.2, 0.25) is 0 Å². The fourth-order valence-corrected chi connectivity index (χ4v) is 1.75. The molecule has 1 rings (SSSR count). The van der Waals surface area contributed by atoms with Crippen molar-refractivity contribution in [3.05, 3.63) is 47.3 Å². The Morgan fingerprint density at radius 1 is 1.44 bits per heavy atom. The first kappa shape index (κ1) is 14.1. The Morgan fingerprint density at radius 3 is 2.67 bits per heavy atom. The summed E-state index contributed by atoms with van der Waals surface area (Å²) >= 11 is 0. The number of hydrogen-bond donors (Lipinski definition) is 1. The summed E-state index contributed by atoms with van der Waals surface area (Å²) in [4.78, 5) is 13.3. The van der Waals surface area contributed by atoms with E-state index < -0.39 is 5.97 Å². The largest absolute Gasteiger partial charge is 0.464 e. The summed E-state index contributed by atoms with van der Waals surface area (Å²) in [7, 11) is 5.33. The third kappa shape index (κ3) is 3.52. The van der Waals surface area contributed by atoms with Crippen LogP contribution < -0.4 is 5.73 Å². The fraction of sp³-hybridized carbons (Fsp3) is 0.357. The minimum atomic E-state index is -0.515. The van der Waals surface area contributed by atoms with E-state index in [0.717, 1.165) is 5.57 Å². The minimum Gasteiger partial charge on any atom is -0.464 e. The van der Waals surface area contributed by atoms with Crippen LogP contribution in [-0.4, -0.2) is 32.1 Å². The average Bonchev–Trinajstić information content (AvgIpc) is 2.50. The van der Waals surface area contributed by atoms with Crippen LogP contribution in [0.4, 0.5) is 0 Å². The maximum Gasteiger partial charge on any atom is 0.353 e. The number of esters is 1. The second kappa shape index (κ2) is 6.10. The topological polar surface area (TPSA) is 55.6 Å². The van der Waals surface area contributed by atoms with Crippen molar-refractivity contribution in [2.24, 2.45) is 11.7 Å². The monoisotopic (exact) mass is 248 g/mol. The highest BCUT2D eigenvalue weighted by molar-refractivity contribution is 5.88. The van der Waals surface area contributed by atoms with Crippen LogP contribution in [0.3, 0.4) is 0 Å². The number of allylic oxidation sites excluding steroid dienone is 6. The molecular formula is C14H20N2O2. The van der Waals surface area contributed by atoms with Crippen molar-refractivity contribution in [1.82, 2.24) is 4.90 Å². The zero-order valence-corrected chi connectivity index (χ0v) is 11.3. The Balaban J connectivity index is 2.99. The van der Waals surface area contributed by atoms with Crippen molar-refractivity contribution in [2.45, 2.75) is 6.92 Å². The lowest BCUT2D eigenvalue weighted by atomic mass is 10.1. The molecule has 0 saturated heterocycles. The summed E-state index contributed by atoms with van der Waals surface area (Å²) in [6, 6.07) is 0. The van der Waals surface area contributed by atoms with Gasteiger partial charge in [-0.1, -0.05) is 25.2 Å². The Labute approximate surface area is 108 Å². The van der Waals surface area contributed by atoms with Gasteiger partial charge in [-0.15, -0.1) is 0 Å². The number of nitrogens with zero attached hydrogens (tertiary/aromatic N) is 1. The number of hydrogen-bond acceptors (Lipinski definition) is 4. The van der Waals surface area contributed by atoms with Crippen LogP contribution in [-0.2, 0) is 9.53 Å². The SMILES string of the molecule is COC(=O)/C(N)=C\C1=CC=C(N(C)C)[C@H](C)C=C1. The average molecular weight is 248 g/mol. The minimum absolute atomic E-state index is 0.0998. The van der Waals surface area contributed by atoms with Gasteiger partial charge in [0, 0.05) is 25.7 Å². The highest BCUT2D eigenvalue weighted by Gasteiger charge is 2.10. The number of ether oxygens (including phenoxy) is 1. The molecule has 1 aliphatic carbocycles. The van der Waals surface area contributed by atoms with E-state index in [2.05, 4.69) is 22.6 Å². The van der Waals surface area contributed by atoms with E-state index in [-0.39, 0.29) is 5.70 Å². The number of carbonyl (C=O) groups is 1. The molecule has 0 unspecified atom stereocenters. The molecule has 0 aromatic carbocycles. The van der Waals surface area contributed by atoms with Gasteiger partial charge in [-0.25, -0.2) is 4.79 Å². The highest BCUT2D eigenvalue weighted by atomic mass is 16.5. The summed E-state index contributed by atoms with van der Waals surface area (Å²) in [6.07, 6.45) is 9.61. The third-order valence-electron chi connectivity index (χ3n) is 2.75. The molecule has 4 nitrogen and oxygen atoms in total. The molecule has 4 heteroatoms. The molecule has 1 aliphatic rings. The molecule has 0 saturated carbocycles. The zero-order valence-electron chi connectivity index (χ0n) is 11.3. The molecule has 0 amide bonds. The number of rotatable bonds is 3. The predicted octanol–water partition coefficient (Wildman–Crippen LogP) is 1.58. The maximum absolute atomic E-state index is 11.2. The molecule has 0 fully saturated rings. The van der Waals surface area contributed by atoms with Crippen LogP contribution in [0.15, 0.2) is 47.3 Å². The van der Waals surface area contributed by atoms with Crippen molar-refractivity contribution >= 4 is 5.97 Å². The molecule has 0 spiro atoms. The molecule has 98 valence electrons. The molecule has 18 heavy (non-hydrogen) atoms. The Hall–Kier alpha value is -1.97. The van der Waals surface area contributed by atoms with Crippen LogP contribution >= 0.6 is 0 Å². The second-order valence-corrected chi connectivity index (χ2v) is 4.39. The molecule has 0 heterocycles. The van der Waals surface area contributed by atoms with Crippen molar-refractivity contribution in [1.29, 1.82) is 0 Å². The van der Waals surface area contributed by atoms with Gasteiger partial charge in [-0.05, 0) is 17.7 Å². The highest BCUT2D eigenvalue weighted by Crippen LogP contribution is 2.20. The van der Waals surface area contributed by atoms with Gasteiger partial charge in [0.15, 0.2) is 0 Å².